The highest BCUT2D eigenvalue weighted by atomic mass is 32.1. The van der Waals surface area contributed by atoms with Crippen LogP contribution in [0.15, 0.2) is 30.0 Å². The molecule has 2 N–H and O–H groups in total. The number of amides is 2. The van der Waals surface area contributed by atoms with Gasteiger partial charge in [0.15, 0.2) is 0 Å². The molecule has 6 heteroatoms. The number of carbonyl (C=O) groups excluding carboxylic acids is 1. The Morgan fingerprint density at radius 3 is 2.95 bits per heavy atom. The van der Waals surface area contributed by atoms with Crippen LogP contribution in [0.25, 0.3) is 0 Å². The Morgan fingerprint density at radius 2 is 2.36 bits per heavy atom. The molecule has 0 radical (unpaired) electrons. The topological polar surface area (TPSA) is 61.0 Å². The Labute approximate surface area is 134 Å². The van der Waals surface area contributed by atoms with Crippen LogP contribution in [0.4, 0.5) is 4.79 Å². The van der Waals surface area contributed by atoms with Gasteiger partial charge in [-0.2, -0.15) is 0 Å². The van der Waals surface area contributed by atoms with E-state index in [-0.39, 0.29) is 12.1 Å². The number of imidazole rings is 1. The molecule has 0 saturated carbocycles. The first-order valence-corrected chi connectivity index (χ1v) is 8.73. The minimum Gasteiger partial charge on any atom is -0.348 e. The number of aromatic nitrogens is 2. The van der Waals surface area contributed by atoms with Gasteiger partial charge in [-0.1, -0.05) is 13.0 Å². The first-order chi connectivity index (χ1) is 10.8. The molecule has 1 fully saturated rings. The number of likely N-dealkylation sites (tertiary alicyclic amines) is 1. The van der Waals surface area contributed by atoms with E-state index in [2.05, 4.69) is 33.7 Å². The number of nitrogens with zero attached hydrogens (tertiary/aromatic N) is 2. The number of piperidine rings is 1. The predicted molar refractivity (Wildman–Crippen MR) is 88.0 cm³/mol. The summed E-state index contributed by atoms with van der Waals surface area (Å²) in [6, 6.07) is 4.30. The average Bonchev–Trinajstić information content (AvgIpc) is 3.25. The summed E-state index contributed by atoms with van der Waals surface area (Å²) < 4.78 is 0. The van der Waals surface area contributed by atoms with Gasteiger partial charge < -0.3 is 15.2 Å². The van der Waals surface area contributed by atoms with Crippen molar-refractivity contribution in [2.45, 2.75) is 38.1 Å². The zero-order chi connectivity index (χ0) is 15.4. The number of hydrogen-bond donors (Lipinski definition) is 2. The summed E-state index contributed by atoms with van der Waals surface area (Å²) in [6.07, 6.45) is 6.51. The highest BCUT2D eigenvalue weighted by Gasteiger charge is 2.25. The van der Waals surface area contributed by atoms with Crippen LogP contribution < -0.4 is 5.32 Å². The van der Waals surface area contributed by atoms with E-state index in [0.29, 0.717) is 5.92 Å². The first kappa shape index (κ1) is 15.1. The number of hydrogen-bond acceptors (Lipinski definition) is 3. The molecule has 3 heterocycles. The van der Waals surface area contributed by atoms with E-state index in [0.717, 1.165) is 32.4 Å². The highest BCUT2D eigenvalue weighted by molar-refractivity contribution is 7.10. The lowest BCUT2D eigenvalue weighted by molar-refractivity contribution is 0.177. The summed E-state index contributed by atoms with van der Waals surface area (Å²) in [6.45, 7) is 3.71. The smallest absolute Gasteiger partial charge is 0.317 e. The zero-order valence-electron chi connectivity index (χ0n) is 12.8. The summed E-state index contributed by atoms with van der Waals surface area (Å²) >= 11 is 1.70. The van der Waals surface area contributed by atoms with Gasteiger partial charge >= 0.3 is 6.03 Å². The molecule has 1 aliphatic heterocycles. The van der Waals surface area contributed by atoms with Gasteiger partial charge in [0, 0.05) is 35.8 Å². The number of rotatable bonds is 4. The maximum Gasteiger partial charge on any atom is 0.317 e. The van der Waals surface area contributed by atoms with Crippen molar-refractivity contribution < 1.29 is 4.79 Å². The van der Waals surface area contributed by atoms with Crippen LogP contribution in [0.3, 0.4) is 0 Å². The Bertz CT molecular complexity index is 573. The molecule has 1 saturated heterocycles. The van der Waals surface area contributed by atoms with Crippen LogP contribution in [-0.2, 0) is 0 Å². The predicted octanol–water partition coefficient (Wildman–Crippen LogP) is 3.51. The molecule has 0 bridgehead atoms. The maximum atomic E-state index is 12.5. The Morgan fingerprint density at radius 1 is 1.55 bits per heavy atom. The standard InChI is InChI=1S/C16H22N4OS/c1-2-13(15-4-3-9-22-15)19-16(21)20-7-5-12(6-8-20)14-10-17-11-18-14/h3-4,9-13H,2,5-8H2,1H3,(H,17,18)(H,19,21). The SMILES string of the molecule is CCC(NC(=O)N1CCC(c2cnc[nH]2)CC1)c1cccs1. The number of urea groups is 1. The fourth-order valence-electron chi connectivity index (χ4n) is 2.99. The monoisotopic (exact) mass is 318 g/mol. The van der Waals surface area contributed by atoms with Crippen LogP contribution in [0.5, 0.6) is 0 Å². The molecule has 0 aromatic carbocycles. The number of thiophene rings is 1. The number of H-pyrrole nitrogens is 1. The van der Waals surface area contributed by atoms with E-state index in [9.17, 15) is 4.79 Å². The Hall–Kier alpha value is -1.82. The van der Waals surface area contributed by atoms with Gasteiger partial charge in [-0.05, 0) is 30.7 Å². The third-order valence-electron chi connectivity index (χ3n) is 4.33. The molecule has 5 nitrogen and oxygen atoms in total. The van der Waals surface area contributed by atoms with E-state index in [1.807, 2.05) is 17.2 Å². The second kappa shape index (κ2) is 6.96. The van der Waals surface area contributed by atoms with Gasteiger partial charge in [0.05, 0.1) is 12.4 Å². The van der Waals surface area contributed by atoms with Crippen molar-refractivity contribution in [1.82, 2.24) is 20.2 Å². The molecular weight excluding hydrogens is 296 g/mol. The van der Waals surface area contributed by atoms with Gasteiger partial charge in [0.2, 0.25) is 0 Å². The van der Waals surface area contributed by atoms with Gasteiger partial charge in [-0.3, -0.25) is 0 Å². The van der Waals surface area contributed by atoms with Crippen molar-refractivity contribution in [3.63, 3.8) is 0 Å². The van der Waals surface area contributed by atoms with E-state index in [1.165, 1.54) is 10.6 Å². The molecule has 1 atom stereocenters. The van der Waals surface area contributed by atoms with Crippen LogP contribution in [0.1, 0.15) is 48.7 Å². The van der Waals surface area contributed by atoms with Gasteiger partial charge in [0.25, 0.3) is 0 Å². The summed E-state index contributed by atoms with van der Waals surface area (Å²) in [7, 11) is 0. The van der Waals surface area contributed by atoms with Crippen molar-refractivity contribution in [3.05, 3.63) is 40.6 Å². The van der Waals surface area contributed by atoms with Crippen molar-refractivity contribution in [2.24, 2.45) is 0 Å². The Balaban J connectivity index is 1.53. The minimum atomic E-state index is 0.0586. The summed E-state index contributed by atoms with van der Waals surface area (Å²) in [5.74, 6) is 0.491. The fourth-order valence-corrected chi connectivity index (χ4v) is 3.85. The lowest BCUT2D eigenvalue weighted by Crippen LogP contribution is -2.45. The molecule has 0 spiro atoms. The third kappa shape index (κ3) is 3.32. The number of nitrogens with one attached hydrogen (secondary N) is 2. The maximum absolute atomic E-state index is 12.5. The summed E-state index contributed by atoms with van der Waals surface area (Å²) in [5.41, 5.74) is 1.19. The van der Waals surface area contributed by atoms with E-state index < -0.39 is 0 Å². The quantitative estimate of drug-likeness (QED) is 0.906. The molecule has 1 unspecified atom stereocenters. The number of aromatic amines is 1. The molecule has 2 aromatic rings. The summed E-state index contributed by atoms with van der Waals surface area (Å²) in [5, 5.41) is 5.22. The van der Waals surface area contributed by atoms with Crippen LogP contribution in [-0.4, -0.2) is 34.0 Å². The second-order valence-corrected chi connectivity index (χ2v) is 6.67. The molecule has 2 amide bonds. The van der Waals surface area contributed by atoms with Crippen LogP contribution in [0, 0.1) is 0 Å². The second-order valence-electron chi connectivity index (χ2n) is 5.69. The first-order valence-electron chi connectivity index (χ1n) is 7.85. The van der Waals surface area contributed by atoms with E-state index in [1.54, 1.807) is 17.7 Å². The van der Waals surface area contributed by atoms with Crippen molar-refractivity contribution in [2.75, 3.05) is 13.1 Å². The Kier molecular flexibility index (Phi) is 4.77. The van der Waals surface area contributed by atoms with Gasteiger partial charge in [-0.25, -0.2) is 9.78 Å². The van der Waals surface area contributed by atoms with Gasteiger partial charge in [0.1, 0.15) is 0 Å². The van der Waals surface area contributed by atoms with Gasteiger partial charge in [-0.15, -0.1) is 11.3 Å². The van der Waals surface area contributed by atoms with Crippen LogP contribution in [0.2, 0.25) is 0 Å². The molecule has 2 aromatic heterocycles. The average molecular weight is 318 g/mol. The largest absolute Gasteiger partial charge is 0.348 e. The molecular formula is C16H22N4OS. The number of carbonyl (C=O) groups is 1. The molecule has 22 heavy (non-hydrogen) atoms. The highest BCUT2D eigenvalue weighted by Crippen LogP contribution is 2.27. The van der Waals surface area contributed by atoms with Crippen LogP contribution >= 0.6 is 11.3 Å². The fraction of sp³-hybridized carbons (Fsp3) is 0.500. The lowest BCUT2D eigenvalue weighted by Gasteiger charge is -2.32. The molecule has 0 aliphatic carbocycles. The van der Waals surface area contributed by atoms with Crippen molar-refractivity contribution in [1.29, 1.82) is 0 Å². The van der Waals surface area contributed by atoms with E-state index in [4.69, 9.17) is 0 Å². The van der Waals surface area contributed by atoms with Crippen molar-refractivity contribution >= 4 is 17.4 Å². The molecule has 1 aliphatic rings. The molecule has 118 valence electrons. The minimum absolute atomic E-state index is 0.0586. The van der Waals surface area contributed by atoms with E-state index >= 15 is 0 Å². The normalized spacial score (nSPS) is 17.4. The summed E-state index contributed by atoms with van der Waals surface area (Å²) in [4.78, 5) is 22.9. The molecule has 3 rings (SSSR count). The zero-order valence-corrected chi connectivity index (χ0v) is 13.6. The third-order valence-corrected chi connectivity index (χ3v) is 5.32. The lowest BCUT2D eigenvalue weighted by atomic mass is 9.94. The van der Waals surface area contributed by atoms with Crippen molar-refractivity contribution in [3.8, 4) is 0 Å².